The molecule has 2 N–H and O–H groups in total. The maximum absolute atomic E-state index is 13.3. The molecule has 5 rings (SSSR count). The van der Waals surface area contributed by atoms with Gasteiger partial charge in [0.15, 0.2) is 0 Å². The lowest BCUT2D eigenvalue weighted by Gasteiger charge is -2.27. The summed E-state index contributed by atoms with van der Waals surface area (Å²) in [5, 5.41) is 13.1. The predicted molar refractivity (Wildman–Crippen MR) is 114 cm³/mol. The summed E-state index contributed by atoms with van der Waals surface area (Å²) in [6.45, 7) is 2.91. The first kappa shape index (κ1) is 19.7. The first-order valence-electron chi connectivity index (χ1n) is 10.1. The van der Waals surface area contributed by atoms with Gasteiger partial charge in [0.2, 0.25) is 11.8 Å². The Bertz CT molecular complexity index is 1160. The molecule has 2 fully saturated rings. The summed E-state index contributed by atoms with van der Waals surface area (Å²) >= 11 is 1.50. The van der Waals surface area contributed by atoms with Crippen LogP contribution in [0.1, 0.15) is 29.7 Å². The Morgan fingerprint density at radius 1 is 1.32 bits per heavy atom. The molecular weight excluding hydrogens is 416 g/mol. The average molecular weight is 439 g/mol. The monoisotopic (exact) mass is 438 g/mol. The van der Waals surface area contributed by atoms with Crippen molar-refractivity contribution in [3.8, 4) is 0 Å². The second kappa shape index (κ2) is 7.45. The lowest BCUT2D eigenvalue weighted by molar-refractivity contribution is -0.140. The fraction of sp³-hybridized carbons (Fsp3) is 0.381. The predicted octanol–water partition coefficient (Wildman–Crippen LogP) is 1.20. The van der Waals surface area contributed by atoms with Crippen molar-refractivity contribution in [2.24, 2.45) is 5.41 Å². The Balaban J connectivity index is 1.39. The number of fused-ring (bicyclic) bond motifs is 1. The maximum Gasteiger partial charge on any atom is 0.254 e. The van der Waals surface area contributed by atoms with E-state index in [-0.39, 0.29) is 36.2 Å². The number of hydrogen-bond donors (Lipinski definition) is 2. The second-order valence-corrected chi connectivity index (χ2v) is 9.30. The van der Waals surface area contributed by atoms with Crippen LogP contribution in [-0.2, 0) is 9.59 Å². The highest BCUT2D eigenvalue weighted by atomic mass is 32.1. The van der Waals surface area contributed by atoms with Gasteiger partial charge in [-0.2, -0.15) is 5.10 Å². The number of aromatic nitrogens is 3. The molecule has 0 aromatic carbocycles. The molecule has 3 aromatic rings. The highest BCUT2D eigenvalue weighted by Crippen LogP contribution is 2.32. The summed E-state index contributed by atoms with van der Waals surface area (Å²) in [6, 6.07) is 3.23. The zero-order chi connectivity index (χ0) is 21.6. The number of hydrogen-bond acceptors (Lipinski definition) is 6. The minimum atomic E-state index is -0.767. The molecule has 31 heavy (non-hydrogen) atoms. The van der Waals surface area contributed by atoms with Gasteiger partial charge in [0.25, 0.3) is 5.91 Å². The topological polar surface area (TPSA) is 109 Å². The first-order valence-corrected chi connectivity index (χ1v) is 11.0. The molecule has 10 heteroatoms. The molecule has 1 unspecified atom stereocenters. The van der Waals surface area contributed by atoms with Gasteiger partial charge in [-0.1, -0.05) is 0 Å². The Morgan fingerprint density at radius 2 is 2.19 bits per heavy atom. The highest BCUT2D eigenvalue weighted by molar-refractivity contribution is 7.17. The van der Waals surface area contributed by atoms with Crippen molar-refractivity contribution in [2.75, 3.05) is 19.6 Å². The number of carbonyl (C=O) groups excluding carboxylic acids is 3. The molecule has 2 saturated heterocycles. The number of nitrogens with zero attached hydrogens (tertiary/aromatic N) is 4. The Morgan fingerprint density at radius 3 is 2.94 bits per heavy atom. The van der Waals surface area contributed by atoms with Crippen LogP contribution < -0.4 is 10.6 Å². The van der Waals surface area contributed by atoms with Crippen molar-refractivity contribution in [3.05, 3.63) is 47.9 Å². The van der Waals surface area contributed by atoms with Crippen LogP contribution in [0.15, 0.2) is 42.3 Å². The van der Waals surface area contributed by atoms with E-state index < -0.39 is 5.41 Å². The highest BCUT2D eigenvalue weighted by Gasteiger charge is 2.47. The van der Waals surface area contributed by atoms with Crippen molar-refractivity contribution in [3.63, 3.8) is 0 Å². The van der Waals surface area contributed by atoms with Gasteiger partial charge >= 0.3 is 0 Å². The van der Waals surface area contributed by atoms with E-state index >= 15 is 0 Å². The van der Waals surface area contributed by atoms with E-state index in [4.69, 9.17) is 0 Å². The fourth-order valence-electron chi connectivity index (χ4n) is 4.44. The van der Waals surface area contributed by atoms with Crippen LogP contribution >= 0.6 is 11.3 Å². The van der Waals surface area contributed by atoms with Crippen molar-refractivity contribution in [1.82, 2.24) is 30.3 Å². The van der Waals surface area contributed by atoms with E-state index in [0.717, 1.165) is 10.1 Å². The molecule has 2 aliphatic rings. The Kier molecular flexibility index (Phi) is 4.73. The van der Waals surface area contributed by atoms with Gasteiger partial charge in [-0.3, -0.25) is 24.0 Å². The van der Waals surface area contributed by atoms with Gasteiger partial charge in [-0.25, -0.2) is 0 Å². The zero-order valence-electron chi connectivity index (χ0n) is 16.9. The van der Waals surface area contributed by atoms with Crippen LogP contribution in [0.2, 0.25) is 0 Å². The third-order valence-corrected chi connectivity index (χ3v) is 7.07. The summed E-state index contributed by atoms with van der Waals surface area (Å²) in [7, 11) is 0. The lowest BCUT2D eigenvalue weighted by atomic mass is 9.88. The third kappa shape index (κ3) is 3.46. The average Bonchev–Trinajstić information content (AvgIpc) is 3.54. The number of pyridine rings is 1. The Hall–Kier alpha value is -3.27. The molecule has 5 heterocycles. The van der Waals surface area contributed by atoms with Crippen LogP contribution in [0.5, 0.6) is 0 Å². The number of amides is 3. The maximum atomic E-state index is 13.3. The first-order chi connectivity index (χ1) is 14.9. The molecule has 3 amide bonds. The second-order valence-electron chi connectivity index (χ2n) is 8.38. The fourth-order valence-corrected chi connectivity index (χ4v) is 5.32. The van der Waals surface area contributed by atoms with Crippen LogP contribution in [0, 0.1) is 5.41 Å². The number of likely N-dealkylation sites (tertiary alicyclic amines) is 1. The van der Waals surface area contributed by atoms with Gasteiger partial charge in [0.1, 0.15) is 0 Å². The van der Waals surface area contributed by atoms with Crippen molar-refractivity contribution >= 4 is 39.1 Å². The lowest BCUT2D eigenvalue weighted by Crippen LogP contribution is -2.45. The van der Waals surface area contributed by atoms with E-state index in [1.54, 1.807) is 28.2 Å². The number of nitrogens with one attached hydrogen (secondary N) is 2. The third-order valence-electron chi connectivity index (χ3n) is 6.10. The van der Waals surface area contributed by atoms with Crippen LogP contribution in [0.4, 0.5) is 0 Å². The van der Waals surface area contributed by atoms with Gasteiger partial charge in [0, 0.05) is 56.2 Å². The van der Waals surface area contributed by atoms with Gasteiger partial charge in [0.05, 0.1) is 27.8 Å². The number of rotatable bonds is 4. The molecule has 0 aliphatic carbocycles. The normalized spacial score (nSPS) is 25.7. The molecule has 0 saturated carbocycles. The van der Waals surface area contributed by atoms with E-state index in [0.29, 0.717) is 25.2 Å². The minimum Gasteiger partial charge on any atom is -0.355 e. The smallest absolute Gasteiger partial charge is 0.254 e. The minimum absolute atomic E-state index is 0.0817. The SMILES string of the molecule is CC1(C(=O)N2C[C@@H](NC(=O)c3cncc4ccsc34)[C@@H](n3cccn3)C2)CNC(=O)C1. The zero-order valence-corrected chi connectivity index (χ0v) is 17.8. The summed E-state index contributed by atoms with van der Waals surface area (Å²) in [5.41, 5.74) is -0.244. The molecule has 0 radical (unpaired) electrons. The standard InChI is InChI=1S/C21H22N6O3S/c1-21(7-17(28)23-12-21)20(30)26-10-15(16(11-26)27-5-2-4-24-27)25-19(29)14-9-22-8-13-3-6-31-18(13)14/h2-6,8-9,15-16H,7,10-12H2,1H3,(H,23,28)(H,25,29)/t15-,16+,21?/m1/s1. The molecule has 2 aliphatic heterocycles. The largest absolute Gasteiger partial charge is 0.355 e. The molecule has 3 atom stereocenters. The van der Waals surface area contributed by atoms with Crippen LogP contribution in [-0.4, -0.2) is 63.1 Å². The number of carbonyl (C=O) groups is 3. The van der Waals surface area contributed by atoms with E-state index in [2.05, 4.69) is 20.7 Å². The molecule has 9 nitrogen and oxygen atoms in total. The summed E-state index contributed by atoms with van der Waals surface area (Å²) < 4.78 is 2.67. The van der Waals surface area contributed by atoms with Gasteiger partial charge in [-0.15, -0.1) is 11.3 Å². The Labute approximate surface area is 182 Å². The molecule has 3 aromatic heterocycles. The summed E-state index contributed by atoms with van der Waals surface area (Å²) in [6.07, 6.45) is 7.01. The van der Waals surface area contributed by atoms with Gasteiger partial charge < -0.3 is 15.5 Å². The molecule has 160 valence electrons. The molecule has 0 bridgehead atoms. The number of thiophene rings is 1. The summed E-state index contributed by atoms with van der Waals surface area (Å²) in [4.78, 5) is 44.0. The summed E-state index contributed by atoms with van der Waals surface area (Å²) in [5.74, 6) is -0.414. The quantitative estimate of drug-likeness (QED) is 0.636. The molecule has 0 spiro atoms. The van der Waals surface area contributed by atoms with Crippen molar-refractivity contribution in [1.29, 1.82) is 0 Å². The van der Waals surface area contributed by atoms with E-state index in [1.807, 2.05) is 30.6 Å². The van der Waals surface area contributed by atoms with Crippen LogP contribution in [0.3, 0.4) is 0 Å². The van der Waals surface area contributed by atoms with Crippen molar-refractivity contribution in [2.45, 2.75) is 25.4 Å². The van der Waals surface area contributed by atoms with Gasteiger partial charge in [-0.05, 0) is 24.4 Å². The van der Waals surface area contributed by atoms with Crippen molar-refractivity contribution < 1.29 is 14.4 Å². The molecular formula is C21H22N6O3S. The van der Waals surface area contributed by atoms with Crippen LogP contribution in [0.25, 0.3) is 10.1 Å². The van der Waals surface area contributed by atoms with E-state index in [9.17, 15) is 14.4 Å². The van der Waals surface area contributed by atoms with E-state index in [1.165, 1.54) is 11.3 Å².